The number of benzene rings is 3. The second kappa shape index (κ2) is 5.27. The molecule has 1 heteroatoms. The maximum absolute atomic E-state index is 4.62. The Morgan fingerprint density at radius 2 is 1.59 bits per heavy atom. The lowest BCUT2D eigenvalue weighted by Crippen LogP contribution is -1.88. The molecule has 0 amide bonds. The highest BCUT2D eigenvalue weighted by Crippen LogP contribution is 2.31. The van der Waals surface area contributed by atoms with Gasteiger partial charge in [0.1, 0.15) is 0 Å². The normalized spacial score (nSPS) is 11.1. The molecule has 0 saturated carbocycles. The highest BCUT2D eigenvalue weighted by atomic mass is 14.7. The van der Waals surface area contributed by atoms with Gasteiger partial charge in [-0.1, -0.05) is 67.6 Å². The molecule has 22 heavy (non-hydrogen) atoms. The minimum Gasteiger partial charge on any atom is -0.256 e. The van der Waals surface area contributed by atoms with Gasteiger partial charge in [-0.3, -0.25) is 4.98 Å². The van der Waals surface area contributed by atoms with E-state index in [1.165, 1.54) is 27.1 Å². The molecule has 0 bridgehead atoms. The van der Waals surface area contributed by atoms with E-state index < -0.39 is 0 Å². The predicted molar refractivity (Wildman–Crippen MR) is 94.1 cm³/mol. The van der Waals surface area contributed by atoms with Crippen LogP contribution in [0.1, 0.15) is 12.5 Å². The molecule has 1 aromatic heterocycles. The highest BCUT2D eigenvalue weighted by Gasteiger charge is 2.07. The lowest BCUT2D eigenvalue weighted by molar-refractivity contribution is 1.15. The van der Waals surface area contributed by atoms with Crippen LogP contribution in [0.15, 0.2) is 72.9 Å². The van der Waals surface area contributed by atoms with Crippen LogP contribution in [-0.4, -0.2) is 4.98 Å². The van der Waals surface area contributed by atoms with E-state index >= 15 is 0 Å². The molecule has 106 valence electrons. The maximum atomic E-state index is 4.62. The molecule has 4 rings (SSSR count). The summed E-state index contributed by atoms with van der Waals surface area (Å²) in [7, 11) is 0. The van der Waals surface area contributed by atoms with Crippen molar-refractivity contribution < 1.29 is 0 Å². The third kappa shape index (κ3) is 2.06. The van der Waals surface area contributed by atoms with E-state index in [0.717, 1.165) is 17.7 Å². The predicted octanol–water partition coefficient (Wildman–Crippen LogP) is 5.62. The van der Waals surface area contributed by atoms with Gasteiger partial charge in [0, 0.05) is 17.1 Å². The number of pyridine rings is 1. The van der Waals surface area contributed by atoms with Gasteiger partial charge in [-0.15, -0.1) is 0 Å². The van der Waals surface area contributed by atoms with Gasteiger partial charge in [0.25, 0.3) is 0 Å². The van der Waals surface area contributed by atoms with Crippen molar-refractivity contribution in [1.29, 1.82) is 0 Å². The summed E-state index contributed by atoms with van der Waals surface area (Å²) in [6, 6.07) is 23.7. The number of aromatic nitrogens is 1. The van der Waals surface area contributed by atoms with Crippen LogP contribution in [0.5, 0.6) is 0 Å². The lowest BCUT2D eigenvalue weighted by atomic mass is 9.97. The van der Waals surface area contributed by atoms with Gasteiger partial charge in [0.05, 0.1) is 5.69 Å². The molecule has 1 nitrogen and oxygen atoms in total. The molecule has 0 radical (unpaired) electrons. The molecule has 0 unspecified atom stereocenters. The van der Waals surface area contributed by atoms with Crippen LogP contribution >= 0.6 is 0 Å². The Bertz CT molecular complexity index is 955. The molecule has 0 aliphatic rings. The van der Waals surface area contributed by atoms with E-state index in [2.05, 4.69) is 72.6 Å². The Kier molecular flexibility index (Phi) is 3.12. The number of aryl methyl sites for hydroxylation is 1. The molecule has 3 aromatic carbocycles. The Balaban J connectivity index is 2.04. The summed E-state index contributed by atoms with van der Waals surface area (Å²) in [6.45, 7) is 2.19. The van der Waals surface area contributed by atoms with Crippen molar-refractivity contribution >= 4 is 21.5 Å². The number of fused-ring (bicyclic) bond motifs is 3. The van der Waals surface area contributed by atoms with Crippen LogP contribution in [0, 0.1) is 0 Å². The maximum Gasteiger partial charge on any atom is 0.0780 e. The molecule has 0 N–H and O–H groups in total. The summed E-state index contributed by atoms with van der Waals surface area (Å²) in [4.78, 5) is 4.62. The largest absolute Gasteiger partial charge is 0.256 e. The van der Waals surface area contributed by atoms with Gasteiger partial charge >= 0.3 is 0 Å². The Morgan fingerprint density at radius 3 is 2.41 bits per heavy atom. The number of nitrogens with zero attached hydrogens (tertiary/aromatic N) is 1. The SMILES string of the molecule is CCc1ccc2c(ccc3c(-c4ccccc4)nccc32)c1. The zero-order valence-corrected chi connectivity index (χ0v) is 12.6. The molecule has 0 atom stereocenters. The Hall–Kier alpha value is -2.67. The molecule has 1 heterocycles. The van der Waals surface area contributed by atoms with Crippen molar-refractivity contribution in [2.75, 3.05) is 0 Å². The molecule has 0 saturated heterocycles. The zero-order chi connectivity index (χ0) is 14.9. The first kappa shape index (κ1) is 13.0. The number of rotatable bonds is 2. The van der Waals surface area contributed by atoms with Crippen LogP contribution in [0.4, 0.5) is 0 Å². The Morgan fingerprint density at radius 1 is 0.773 bits per heavy atom. The zero-order valence-electron chi connectivity index (χ0n) is 12.6. The highest BCUT2D eigenvalue weighted by molar-refractivity contribution is 6.11. The minimum atomic E-state index is 1.06. The summed E-state index contributed by atoms with van der Waals surface area (Å²) in [5.74, 6) is 0. The van der Waals surface area contributed by atoms with Crippen molar-refractivity contribution in [2.45, 2.75) is 13.3 Å². The van der Waals surface area contributed by atoms with Gasteiger partial charge in [-0.05, 0) is 34.2 Å². The lowest BCUT2D eigenvalue weighted by Gasteiger charge is -2.09. The van der Waals surface area contributed by atoms with Crippen molar-refractivity contribution in [1.82, 2.24) is 4.98 Å². The third-order valence-electron chi connectivity index (χ3n) is 4.28. The topological polar surface area (TPSA) is 12.9 Å². The number of hydrogen-bond acceptors (Lipinski definition) is 1. The molecule has 4 aromatic rings. The van der Waals surface area contributed by atoms with Gasteiger partial charge in [-0.25, -0.2) is 0 Å². The van der Waals surface area contributed by atoms with Crippen molar-refractivity contribution in [3.05, 3.63) is 78.5 Å². The fourth-order valence-corrected chi connectivity index (χ4v) is 3.09. The van der Waals surface area contributed by atoms with E-state index in [-0.39, 0.29) is 0 Å². The average Bonchev–Trinajstić information content (AvgIpc) is 2.61. The summed E-state index contributed by atoms with van der Waals surface area (Å²) < 4.78 is 0. The van der Waals surface area contributed by atoms with Crippen LogP contribution in [0.2, 0.25) is 0 Å². The summed E-state index contributed by atoms with van der Waals surface area (Å²) >= 11 is 0. The standard InChI is InChI=1S/C21H17N/c1-2-15-8-10-18-17(14-15)9-11-20-19(18)12-13-22-21(20)16-6-4-3-5-7-16/h3-14H,2H2,1H3. The van der Waals surface area contributed by atoms with Crippen molar-refractivity contribution in [3.8, 4) is 11.3 Å². The summed E-state index contributed by atoms with van der Waals surface area (Å²) in [6.07, 6.45) is 2.98. The second-order valence-corrected chi connectivity index (χ2v) is 5.60. The molecule has 0 aliphatic carbocycles. The quantitative estimate of drug-likeness (QED) is 0.435. The summed E-state index contributed by atoms with van der Waals surface area (Å²) in [5.41, 5.74) is 3.60. The van der Waals surface area contributed by atoms with E-state index in [1.54, 1.807) is 0 Å². The fourth-order valence-electron chi connectivity index (χ4n) is 3.09. The first-order chi connectivity index (χ1) is 10.9. The van der Waals surface area contributed by atoms with Gasteiger partial charge in [-0.2, -0.15) is 0 Å². The smallest absolute Gasteiger partial charge is 0.0780 e. The van der Waals surface area contributed by atoms with E-state index in [1.807, 2.05) is 12.3 Å². The second-order valence-electron chi connectivity index (χ2n) is 5.60. The molecule has 0 fully saturated rings. The van der Waals surface area contributed by atoms with Crippen LogP contribution in [0.25, 0.3) is 32.8 Å². The van der Waals surface area contributed by atoms with Crippen LogP contribution in [-0.2, 0) is 6.42 Å². The molecular weight excluding hydrogens is 266 g/mol. The van der Waals surface area contributed by atoms with Crippen LogP contribution < -0.4 is 0 Å². The first-order valence-electron chi connectivity index (χ1n) is 7.72. The van der Waals surface area contributed by atoms with E-state index in [4.69, 9.17) is 0 Å². The fraction of sp³-hybridized carbons (Fsp3) is 0.0952. The van der Waals surface area contributed by atoms with Crippen molar-refractivity contribution in [3.63, 3.8) is 0 Å². The molecule has 0 aliphatic heterocycles. The monoisotopic (exact) mass is 283 g/mol. The van der Waals surface area contributed by atoms with Gasteiger partial charge in [0.15, 0.2) is 0 Å². The van der Waals surface area contributed by atoms with Crippen LogP contribution in [0.3, 0.4) is 0 Å². The molecule has 0 spiro atoms. The van der Waals surface area contributed by atoms with Crippen molar-refractivity contribution in [2.24, 2.45) is 0 Å². The van der Waals surface area contributed by atoms with Gasteiger partial charge in [0.2, 0.25) is 0 Å². The Labute approximate surface area is 130 Å². The number of hydrogen-bond donors (Lipinski definition) is 0. The minimum absolute atomic E-state index is 1.06. The van der Waals surface area contributed by atoms with Gasteiger partial charge < -0.3 is 0 Å². The van der Waals surface area contributed by atoms with E-state index in [0.29, 0.717) is 0 Å². The summed E-state index contributed by atoms with van der Waals surface area (Å²) in [5, 5.41) is 5.09. The average molecular weight is 283 g/mol. The first-order valence-corrected chi connectivity index (χ1v) is 7.72. The third-order valence-corrected chi connectivity index (χ3v) is 4.28. The van der Waals surface area contributed by atoms with E-state index in [9.17, 15) is 0 Å². The molecular formula is C21H17N.